The topological polar surface area (TPSA) is 52.9 Å². The minimum atomic E-state index is -0.614. The second-order valence-electron chi connectivity index (χ2n) is 4.07. The van der Waals surface area contributed by atoms with Gasteiger partial charge in [-0.3, -0.25) is 4.79 Å². The molecule has 0 saturated heterocycles. The van der Waals surface area contributed by atoms with Gasteiger partial charge >= 0.3 is 0 Å². The summed E-state index contributed by atoms with van der Waals surface area (Å²) in [7, 11) is 1.56. The highest BCUT2D eigenvalue weighted by Crippen LogP contribution is 2.33. The van der Waals surface area contributed by atoms with Crippen LogP contribution in [0.5, 0.6) is 0 Å². The molecule has 0 aliphatic rings. The maximum atomic E-state index is 12.1. The Kier molecular flexibility index (Phi) is 4.57. The van der Waals surface area contributed by atoms with Crippen LogP contribution in [0.3, 0.4) is 0 Å². The highest BCUT2D eigenvalue weighted by molar-refractivity contribution is 8.01. The lowest BCUT2D eigenvalue weighted by molar-refractivity contribution is -0.127. The molecule has 92 valence electrons. The first kappa shape index (κ1) is 13.6. The Balaban J connectivity index is 2.78. The number of oxime groups is 1. The minimum Gasteiger partial charge on any atom is -0.410 e. The quantitative estimate of drug-likeness (QED) is 0.294. The molecule has 0 aliphatic carbocycles. The number of hydrogen-bond acceptors (Lipinski definition) is 4. The standard InChI is InChI=1S/C12H16N2O2S/c1-12(2,11(15)14(3)9-13-16)17-10-7-5-4-6-8-10/h4-9,16H,1-3H3. The maximum absolute atomic E-state index is 12.1. The molecule has 0 spiro atoms. The van der Waals surface area contributed by atoms with Gasteiger partial charge in [-0.2, -0.15) is 0 Å². The van der Waals surface area contributed by atoms with E-state index >= 15 is 0 Å². The number of nitrogens with zero attached hydrogens (tertiary/aromatic N) is 2. The molecular formula is C12H16N2O2S. The molecule has 0 bridgehead atoms. The summed E-state index contributed by atoms with van der Waals surface area (Å²) in [5.74, 6) is -0.121. The summed E-state index contributed by atoms with van der Waals surface area (Å²) in [5.41, 5.74) is 0. The third-order valence-electron chi connectivity index (χ3n) is 2.18. The van der Waals surface area contributed by atoms with Gasteiger partial charge in [-0.15, -0.1) is 11.8 Å². The van der Waals surface area contributed by atoms with Crippen LogP contribution in [0.1, 0.15) is 13.8 Å². The molecule has 1 rings (SSSR count). The molecule has 5 heteroatoms. The first-order valence-corrected chi connectivity index (χ1v) is 5.98. The van der Waals surface area contributed by atoms with Crippen molar-refractivity contribution in [3.8, 4) is 0 Å². The van der Waals surface area contributed by atoms with Crippen molar-refractivity contribution >= 4 is 24.0 Å². The molecule has 1 amide bonds. The number of rotatable bonds is 4. The van der Waals surface area contributed by atoms with Crippen molar-refractivity contribution < 1.29 is 10.0 Å². The summed E-state index contributed by atoms with van der Waals surface area (Å²) in [6.07, 6.45) is 1.09. The van der Waals surface area contributed by atoms with E-state index < -0.39 is 4.75 Å². The van der Waals surface area contributed by atoms with E-state index in [1.807, 2.05) is 44.2 Å². The van der Waals surface area contributed by atoms with Crippen LogP contribution in [0.25, 0.3) is 0 Å². The van der Waals surface area contributed by atoms with E-state index in [-0.39, 0.29) is 5.91 Å². The molecule has 0 heterocycles. The van der Waals surface area contributed by atoms with Crippen molar-refractivity contribution in [1.82, 2.24) is 4.90 Å². The Hall–Kier alpha value is -1.49. The summed E-state index contributed by atoms with van der Waals surface area (Å²) in [6, 6.07) is 9.71. The van der Waals surface area contributed by atoms with Gasteiger partial charge in [0.2, 0.25) is 5.91 Å². The van der Waals surface area contributed by atoms with Crippen molar-refractivity contribution in [3.05, 3.63) is 30.3 Å². The van der Waals surface area contributed by atoms with Crippen molar-refractivity contribution in [2.45, 2.75) is 23.5 Å². The van der Waals surface area contributed by atoms with E-state index in [1.54, 1.807) is 7.05 Å². The second kappa shape index (κ2) is 5.72. The van der Waals surface area contributed by atoms with Gasteiger partial charge in [-0.05, 0) is 26.0 Å². The molecule has 1 aromatic carbocycles. The minimum absolute atomic E-state index is 0.121. The third kappa shape index (κ3) is 3.78. The number of benzene rings is 1. The van der Waals surface area contributed by atoms with Crippen molar-refractivity contribution in [2.24, 2.45) is 5.16 Å². The fourth-order valence-electron chi connectivity index (χ4n) is 1.38. The van der Waals surface area contributed by atoms with Gasteiger partial charge in [-0.25, -0.2) is 0 Å². The van der Waals surface area contributed by atoms with E-state index in [1.165, 1.54) is 16.7 Å². The largest absolute Gasteiger partial charge is 0.410 e. The predicted octanol–water partition coefficient (Wildman–Crippen LogP) is 2.43. The Morgan fingerprint density at radius 3 is 2.53 bits per heavy atom. The van der Waals surface area contributed by atoms with Gasteiger partial charge < -0.3 is 10.1 Å². The zero-order chi connectivity index (χ0) is 12.9. The summed E-state index contributed by atoms with van der Waals surface area (Å²) in [4.78, 5) is 14.4. The molecular weight excluding hydrogens is 236 g/mol. The molecule has 0 atom stereocenters. The van der Waals surface area contributed by atoms with Gasteiger partial charge in [-0.1, -0.05) is 23.4 Å². The van der Waals surface area contributed by atoms with Gasteiger partial charge in [0, 0.05) is 11.9 Å². The molecule has 0 aliphatic heterocycles. The smallest absolute Gasteiger partial charge is 0.243 e. The lowest BCUT2D eigenvalue weighted by Gasteiger charge is -2.26. The molecule has 1 N–H and O–H groups in total. The number of carbonyl (C=O) groups is 1. The SMILES string of the molecule is CN(C=NO)C(=O)C(C)(C)Sc1ccccc1. The Bertz CT molecular complexity index is 404. The second-order valence-corrected chi connectivity index (χ2v) is 5.77. The molecule has 0 saturated carbocycles. The molecule has 0 aromatic heterocycles. The number of carbonyl (C=O) groups excluding carboxylic acids is 1. The van der Waals surface area contributed by atoms with Crippen LogP contribution in [0.4, 0.5) is 0 Å². The van der Waals surface area contributed by atoms with Crippen LogP contribution in [0, 0.1) is 0 Å². The van der Waals surface area contributed by atoms with Gasteiger partial charge in [0.05, 0.1) is 4.75 Å². The summed E-state index contributed by atoms with van der Waals surface area (Å²) >= 11 is 1.47. The van der Waals surface area contributed by atoms with Crippen LogP contribution < -0.4 is 0 Å². The van der Waals surface area contributed by atoms with Crippen LogP contribution >= 0.6 is 11.8 Å². The zero-order valence-corrected chi connectivity index (χ0v) is 10.9. The first-order valence-electron chi connectivity index (χ1n) is 5.16. The average Bonchev–Trinajstić information content (AvgIpc) is 2.29. The highest BCUT2D eigenvalue weighted by atomic mass is 32.2. The lowest BCUT2D eigenvalue weighted by atomic mass is 10.2. The van der Waals surface area contributed by atoms with Crippen molar-refractivity contribution in [3.63, 3.8) is 0 Å². The molecule has 1 aromatic rings. The predicted molar refractivity (Wildman–Crippen MR) is 69.4 cm³/mol. The zero-order valence-electron chi connectivity index (χ0n) is 10.1. The Morgan fingerprint density at radius 2 is 2.00 bits per heavy atom. The lowest BCUT2D eigenvalue weighted by Crippen LogP contribution is -2.40. The van der Waals surface area contributed by atoms with E-state index in [9.17, 15) is 4.79 Å². The molecule has 0 radical (unpaired) electrons. The van der Waals surface area contributed by atoms with Crippen molar-refractivity contribution in [2.75, 3.05) is 7.05 Å². The summed E-state index contributed by atoms with van der Waals surface area (Å²) < 4.78 is -0.614. The van der Waals surface area contributed by atoms with E-state index in [0.29, 0.717) is 0 Å². The summed E-state index contributed by atoms with van der Waals surface area (Å²) in [6.45, 7) is 3.68. The molecule has 17 heavy (non-hydrogen) atoms. The van der Waals surface area contributed by atoms with Gasteiger partial charge in [0.15, 0.2) is 0 Å². The van der Waals surface area contributed by atoms with Crippen LogP contribution in [-0.4, -0.2) is 34.1 Å². The van der Waals surface area contributed by atoms with Crippen LogP contribution in [0.2, 0.25) is 0 Å². The van der Waals surface area contributed by atoms with E-state index in [4.69, 9.17) is 5.21 Å². The fraction of sp³-hybridized carbons (Fsp3) is 0.333. The van der Waals surface area contributed by atoms with Gasteiger partial charge in [0.1, 0.15) is 6.34 Å². The van der Waals surface area contributed by atoms with E-state index in [0.717, 1.165) is 11.2 Å². The van der Waals surface area contributed by atoms with Crippen LogP contribution in [0.15, 0.2) is 40.4 Å². The summed E-state index contributed by atoms with van der Waals surface area (Å²) in [5, 5.41) is 11.3. The number of amides is 1. The Labute approximate surface area is 105 Å². The van der Waals surface area contributed by atoms with E-state index in [2.05, 4.69) is 5.16 Å². The number of thioether (sulfide) groups is 1. The highest BCUT2D eigenvalue weighted by Gasteiger charge is 2.31. The Morgan fingerprint density at radius 1 is 1.41 bits per heavy atom. The molecule has 4 nitrogen and oxygen atoms in total. The molecule has 0 unspecified atom stereocenters. The average molecular weight is 252 g/mol. The first-order chi connectivity index (χ1) is 7.97. The monoisotopic (exact) mass is 252 g/mol. The third-order valence-corrected chi connectivity index (χ3v) is 3.37. The fourth-order valence-corrected chi connectivity index (χ4v) is 2.50. The van der Waals surface area contributed by atoms with Crippen LogP contribution in [-0.2, 0) is 4.79 Å². The maximum Gasteiger partial charge on any atom is 0.243 e. The van der Waals surface area contributed by atoms with Crippen molar-refractivity contribution in [1.29, 1.82) is 0 Å². The normalized spacial score (nSPS) is 11.7. The molecule has 0 fully saturated rings. The number of hydrogen-bond donors (Lipinski definition) is 1. The van der Waals surface area contributed by atoms with Gasteiger partial charge in [0.25, 0.3) is 0 Å².